The molecular weight excluding hydrogens is 266 g/mol. The maximum absolute atomic E-state index is 4.33. The van der Waals surface area contributed by atoms with Crippen LogP contribution >= 0.6 is 15.9 Å². The van der Waals surface area contributed by atoms with Crippen molar-refractivity contribution in [3.05, 3.63) is 16.4 Å². The van der Waals surface area contributed by atoms with E-state index in [9.17, 15) is 0 Å². The van der Waals surface area contributed by atoms with E-state index in [2.05, 4.69) is 33.3 Å². The predicted octanol–water partition coefficient (Wildman–Crippen LogP) is 2.82. The predicted molar refractivity (Wildman–Crippen MR) is 69.6 cm³/mol. The molecule has 0 amide bonds. The first-order chi connectivity index (χ1) is 7.74. The van der Waals surface area contributed by atoms with Crippen LogP contribution in [0.4, 0.5) is 0 Å². The Morgan fingerprint density at radius 1 is 1.50 bits per heavy atom. The molecule has 16 heavy (non-hydrogen) atoms. The number of hydrogen-bond acceptors (Lipinski definition) is 2. The molecule has 0 bridgehead atoms. The molecule has 1 aromatic heterocycles. The van der Waals surface area contributed by atoms with Crippen molar-refractivity contribution >= 4 is 15.9 Å². The Balaban J connectivity index is 2.22. The van der Waals surface area contributed by atoms with E-state index in [1.807, 2.05) is 17.9 Å². The van der Waals surface area contributed by atoms with Crippen molar-refractivity contribution in [2.75, 3.05) is 6.54 Å². The molecule has 90 valence electrons. The van der Waals surface area contributed by atoms with Crippen molar-refractivity contribution in [1.82, 2.24) is 15.1 Å². The number of aromatic nitrogens is 2. The van der Waals surface area contributed by atoms with Gasteiger partial charge in [-0.15, -0.1) is 0 Å². The first-order valence-electron chi connectivity index (χ1n) is 6.14. The molecule has 0 aliphatic heterocycles. The minimum absolute atomic E-state index is 0.607. The number of hydrogen-bond donors (Lipinski definition) is 1. The molecule has 1 aromatic rings. The second kappa shape index (κ2) is 5.32. The molecule has 3 nitrogen and oxygen atoms in total. The lowest BCUT2D eigenvalue weighted by atomic mass is 9.82. The Bertz CT molecular complexity index is 327. The fourth-order valence-corrected chi connectivity index (χ4v) is 3.44. The van der Waals surface area contributed by atoms with Gasteiger partial charge in [-0.2, -0.15) is 5.10 Å². The summed E-state index contributed by atoms with van der Waals surface area (Å²) in [5.74, 6) is 0.607. The molecule has 1 N–H and O–H groups in total. The Morgan fingerprint density at radius 2 is 2.25 bits per heavy atom. The van der Waals surface area contributed by atoms with Gasteiger partial charge in [0.15, 0.2) is 0 Å². The van der Waals surface area contributed by atoms with Crippen LogP contribution in [0.25, 0.3) is 0 Å². The molecule has 1 heterocycles. The van der Waals surface area contributed by atoms with Crippen LogP contribution in [-0.2, 0) is 7.05 Å². The number of likely N-dealkylation sites (N-methyl/N-ethyl adjacent to an activating group) is 1. The van der Waals surface area contributed by atoms with E-state index in [1.54, 1.807) is 0 Å². The van der Waals surface area contributed by atoms with Crippen molar-refractivity contribution in [1.29, 1.82) is 0 Å². The largest absolute Gasteiger partial charge is 0.314 e. The molecule has 2 rings (SSSR count). The summed E-state index contributed by atoms with van der Waals surface area (Å²) in [4.78, 5) is 0. The van der Waals surface area contributed by atoms with E-state index < -0.39 is 0 Å². The van der Waals surface area contributed by atoms with Gasteiger partial charge in [-0.3, -0.25) is 4.68 Å². The van der Waals surface area contributed by atoms with Crippen molar-refractivity contribution in [3.63, 3.8) is 0 Å². The first-order valence-corrected chi connectivity index (χ1v) is 6.94. The second-order valence-electron chi connectivity index (χ2n) is 4.56. The zero-order chi connectivity index (χ0) is 11.5. The van der Waals surface area contributed by atoms with Gasteiger partial charge >= 0.3 is 0 Å². The molecule has 1 aliphatic carbocycles. The van der Waals surface area contributed by atoms with Crippen LogP contribution in [0.5, 0.6) is 0 Å². The van der Waals surface area contributed by atoms with Crippen LogP contribution in [0, 0.1) is 0 Å². The number of nitrogens with zero attached hydrogens (tertiary/aromatic N) is 2. The number of halogens is 1. The zero-order valence-corrected chi connectivity index (χ0v) is 11.6. The zero-order valence-electron chi connectivity index (χ0n) is 10.0. The highest BCUT2D eigenvalue weighted by Gasteiger charge is 2.29. The van der Waals surface area contributed by atoms with E-state index in [0.29, 0.717) is 12.0 Å². The standard InChI is InChI=1S/C12H20BrN3/c1-3-14-11-7-5-4-6-9(11)12-10(13)8-15-16(12)2/h8-9,11,14H,3-7H2,1-2H3. The van der Waals surface area contributed by atoms with Crippen molar-refractivity contribution in [2.24, 2.45) is 7.05 Å². The molecule has 1 aliphatic rings. The van der Waals surface area contributed by atoms with Gasteiger partial charge < -0.3 is 5.32 Å². The topological polar surface area (TPSA) is 29.9 Å². The van der Waals surface area contributed by atoms with Crippen LogP contribution in [0.1, 0.15) is 44.2 Å². The van der Waals surface area contributed by atoms with Gasteiger partial charge in [-0.1, -0.05) is 19.8 Å². The monoisotopic (exact) mass is 285 g/mol. The van der Waals surface area contributed by atoms with Crippen LogP contribution < -0.4 is 5.32 Å². The van der Waals surface area contributed by atoms with Gasteiger partial charge in [0.25, 0.3) is 0 Å². The molecule has 2 atom stereocenters. The van der Waals surface area contributed by atoms with Gasteiger partial charge in [0, 0.05) is 19.0 Å². The summed E-state index contributed by atoms with van der Waals surface area (Å²) in [6, 6.07) is 0.616. The van der Waals surface area contributed by atoms with Crippen molar-refractivity contribution in [3.8, 4) is 0 Å². The molecule has 4 heteroatoms. The lowest BCUT2D eigenvalue weighted by molar-refractivity contribution is 0.321. The Hall–Kier alpha value is -0.350. The van der Waals surface area contributed by atoms with E-state index in [-0.39, 0.29) is 0 Å². The normalized spacial score (nSPS) is 25.9. The van der Waals surface area contributed by atoms with E-state index in [4.69, 9.17) is 0 Å². The fourth-order valence-electron chi connectivity index (χ4n) is 2.80. The summed E-state index contributed by atoms with van der Waals surface area (Å²) in [5.41, 5.74) is 1.35. The average Bonchev–Trinajstić information content (AvgIpc) is 2.60. The Morgan fingerprint density at radius 3 is 2.88 bits per heavy atom. The summed E-state index contributed by atoms with van der Waals surface area (Å²) in [5, 5.41) is 7.94. The lowest BCUT2D eigenvalue weighted by Gasteiger charge is -2.32. The van der Waals surface area contributed by atoms with Crippen LogP contribution in [0.3, 0.4) is 0 Å². The van der Waals surface area contributed by atoms with Crippen molar-refractivity contribution in [2.45, 2.75) is 44.6 Å². The summed E-state index contributed by atoms with van der Waals surface area (Å²) in [7, 11) is 2.04. The number of rotatable bonds is 3. The summed E-state index contributed by atoms with van der Waals surface area (Å²) in [6.45, 7) is 3.24. The SMILES string of the molecule is CCNC1CCCCC1c1c(Br)cnn1C. The first kappa shape index (κ1) is 12.1. The maximum Gasteiger partial charge on any atom is 0.0635 e. The lowest BCUT2D eigenvalue weighted by Crippen LogP contribution is -2.37. The quantitative estimate of drug-likeness (QED) is 0.926. The minimum atomic E-state index is 0.607. The third-order valence-electron chi connectivity index (χ3n) is 3.52. The summed E-state index contributed by atoms with van der Waals surface area (Å²) >= 11 is 3.62. The van der Waals surface area contributed by atoms with E-state index in [0.717, 1.165) is 11.0 Å². The second-order valence-corrected chi connectivity index (χ2v) is 5.41. The van der Waals surface area contributed by atoms with Crippen LogP contribution in [0.2, 0.25) is 0 Å². The van der Waals surface area contributed by atoms with Gasteiger partial charge in [0.05, 0.1) is 16.4 Å². The van der Waals surface area contributed by atoms with E-state index >= 15 is 0 Å². The number of nitrogens with one attached hydrogen (secondary N) is 1. The Labute approximate surface area is 106 Å². The highest BCUT2D eigenvalue weighted by Crippen LogP contribution is 2.36. The summed E-state index contributed by atoms with van der Waals surface area (Å²) < 4.78 is 3.18. The molecule has 0 saturated heterocycles. The maximum atomic E-state index is 4.33. The molecule has 0 radical (unpaired) electrons. The van der Waals surface area contributed by atoms with Gasteiger partial charge in [0.2, 0.25) is 0 Å². The average molecular weight is 286 g/mol. The Kier molecular flexibility index (Phi) is 4.03. The smallest absolute Gasteiger partial charge is 0.0635 e. The van der Waals surface area contributed by atoms with Gasteiger partial charge in [-0.05, 0) is 35.3 Å². The molecule has 0 aromatic carbocycles. The summed E-state index contributed by atoms with van der Waals surface area (Å²) in [6.07, 6.45) is 7.16. The molecule has 1 saturated carbocycles. The molecule has 1 fully saturated rings. The minimum Gasteiger partial charge on any atom is -0.314 e. The van der Waals surface area contributed by atoms with Crippen LogP contribution in [-0.4, -0.2) is 22.4 Å². The van der Waals surface area contributed by atoms with Gasteiger partial charge in [0.1, 0.15) is 0 Å². The molecule has 2 unspecified atom stereocenters. The molecule has 0 spiro atoms. The van der Waals surface area contributed by atoms with Crippen molar-refractivity contribution < 1.29 is 0 Å². The fraction of sp³-hybridized carbons (Fsp3) is 0.750. The third kappa shape index (κ3) is 2.33. The highest BCUT2D eigenvalue weighted by molar-refractivity contribution is 9.10. The van der Waals surface area contributed by atoms with Crippen LogP contribution in [0.15, 0.2) is 10.7 Å². The molecular formula is C12H20BrN3. The third-order valence-corrected chi connectivity index (χ3v) is 4.13. The highest BCUT2D eigenvalue weighted by atomic mass is 79.9. The van der Waals surface area contributed by atoms with Gasteiger partial charge in [-0.25, -0.2) is 0 Å². The number of aryl methyl sites for hydroxylation is 1. The van der Waals surface area contributed by atoms with E-state index in [1.165, 1.54) is 31.4 Å².